The third-order valence-corrected chi connectivity index (χ3v) is 4.80. The first-order chi connectivity index (χ1) is 11.6. The molecule has 2 aliphatic heterocycles. The van der Waals surface area contributed by atoms with Gasteiger partial charge in [-0.05, 0) is 45.2 Å². The standard InChI is InChI=1S/C17H25N5O2/c1-21-10-5-13(12-21)11-20-16(23)14-15(19-7-6-18-14)17(24)22-8-3-2-4-9-22/h6-7,13H,2-5,8-12H2,1H3,(H,20,23)/t13-/m0/s1. The molecule has 0 saturated carbocycles. The number of piperidine rings is 1. The zero-order valence-corrected chi connectivity index (χ0v) is 14.2. The van der Waals surface area contributed by atoms with Crippen molar-refractivity contribution in [1.82, 2.24) is 25.1 Å². The zero-order valence-electron chi connectivity index (χ0n) is 14.2. The van der Waals surface area contributed by atoms with Crippen molar-refractivity contribution in [1.29, 1.82) is 0 Å². The van der Waals surface area contributed by atoms with E-state index >= 15 is 0 Å². The number of rotatable bonds is 4. The summed E-state index contributed by atoms with van der Waals surface area (Å²) in [7, 11) is 2.08. The van der Waals surface area contributed by atoms with Gasteiger partial charge in [-0.3, -0.25) is 9.59 Å². The van der Waals surface area contributed by atoms with Crippen molar-refractivity contribution >= 4 is 11.8 Å². The Hall–Kier alpha value is -2.02. The lowest BCUT2D eigenvalue weighted by Gasteiger charge is -2.26. The summed E-state index contributed by atoms with van der Waals surface area (Å²) in [5.41, 5.74) is 0.305. The number of carbonyl (C=O) groups is 2. The van der Waals surface area contributed by atoms with Gasteiger partial charge >= 0.3 is 0 Å². The van der Waals surface area contributed by atoms with E-state index in [4.69, 9.17) is 0 Å². The molecule has 2 aliphatic rings. The third-order valence-electron chi connectivity index (χ3n) is 4.80. The van der Waals surface area contributed by atoms with E-state index in [0.717, 1.165) is 51.9 Å². The van der Waals surface area contributed by atoms with Crippen LogP contribution in [0.1, 0.15) is 46.7 Å². The minimum atomic E-state index is -0.307. The van der Waals surface area contributed by atoms with Gasteiger partial charge in [-0.2, -0.15) is 0 Å². The highest BCUT2D eigenvalue weighted by Gasteiger charge is 2.26. The van der Waals surface area contributed by atoms with Crippen LogP contribution in [0.2, 0.25) is 0 Å². The van der Waals surface area contributed by atoms with Crippen LogP contribution in [0.5, 0.6) is 0 Å². The molecule has 2 amide bonds. The van der Waals surface area contributed by atoms with Gasteiger partial charge in [0.05, 0.1) is 0 Å². The molecular weight excluding hydrogens is 306 g/mol. The number of amides is 2. The van der Waals surface area contributed by atoms with Crippen LogP contribution in [0.3, 0.4) is 0 Å². The molecular formula is C17H25N5O2. The largest absolute Gasteiger partial charge is 0.350 e. The Morgan fingerprint density at radius 2 is 1.83 bits per heavy atom. The molecule has 0 aliphatic carbocycles. The maximum atomic E-state index is 12.7. The first-order valence-electron chi connectivity index (χ1n) is 8.72. The Morgan fingerprint density at radius 1 is 1.12 bits per heavy atom. The number of hydrogen-bond donors (Lipinski definition) is 1. The van der Waals surface area contributed by atoms with E-state index < -0.39 is 0 Å². The molecule has 130 valence electrons. The van der Waals surface area contributed by atoms with Crippen molar-refractivity contribution < 1.29 is 9.59 Å². The molecule has 0 bridgehead atoms. The fourth-order valence-corrected chi connectivity index (χ4v) is 3.42. The summed E-state index contributed by atoms with van der Waals surface area (Å²) in [5.74, 6) is -0.0385. The number of nitrogens with zero attached hydrogens (tertiary/aromatic N) is 4. The average molecular weight is 331 g/mol. The van der Waals surface area contributed by atoms with Gasteiger partial charge in [0.25, 0.3) is 11.8 Å². The second-order valence-electron chi connectivity index (χ2n) is 6.73. The van der Waals surface area contributed by atoms with E-state index in [-0.39, 0.29) is 23.2 Å². The predicted octanol–water partition coefficient (Wildman–Crippen LogP) is 0.784. The number of nitrogens with one attached hydrogen (secondary N) is 1. The second-order valence-corrected chi connectivity index (χ2v) is 6.73. The number of likely N-dealkylation sites (tertiary alicyclic amines) is 2. The van der Waals surface area contributed by atoms with E-state index in [2.05, 4.69) is 27.2 Å². The van der Waals surface area contributed by atoms with Gasteiger partial charge in [-0.25, -0.2) is 9.97 Å². The first-order valence-corrected chi connectivity index (χ1v) is 8.72. The summed E-state index contributed by atoms with van der Waals surface area (Å²) < 4.78 is 0. The molecule has 1 aromatic heterocycles. The quantitative estimate of drug-likeness (QED) is 0.882. The summed E-state index contributed by atoms with van der Waals surface area (Å²) in [6.07, 6.45) is 7.17. The molecule has 0 unspecified atom stereocenters. The van der Waals surface area contributed by atoms with Gasteiger partial charge in [-0.1, -0.05) is 0 Å². The summed E-state index contributed by atoms with van der Waals surface area (Å²) in [6, 6.07) is 0. The molecule has 3 heterocycles. The van der Waals surface area contributed by atoms with Crippen LogP contribution in [0.25, 0.3) is 0 Å². The Bertz CT molecular complexity index is 600. The third kappa shape index (κ3) is 3.90. The van der Waals surface area contributed by atoms with Crippen LogP contribution < -0.4 is 5.32 Å². The van der Waals surface area contributed by atoms with E-state index in [9.17, 15) is 9.59 Å². The van der Waals surface area contributed by atoms with E-state index in [1.165, 1.54) is 12.4 Å². The van der Waals surface area contributed by atoms with Crippen molar-refractivity contribution in [2.75, 3.05) is 39.8 Å². The average Bonchev–Trinajstić information content (AvgIpc) is 3.05. The smallest absolute Gasteiger partial charge is 0.274 e. The highest BCUT2D eigenvalue weighted by Crippen LogP contribution is 2.15. The van der Waals surface area contributed by atoms with E-state index in [1.54, 1.807) is 4.90 Å². The van der Waals surface area contributed by atoms with Crippen LogP contribution in [-0.2, 0) is 0 Å². The highest BCUT2D eigenvalue weighted by molar-refractivity contribution is 6.04. The van der Waals surface area contributed by atoms with Gasteiger partial charge in [0.1, 0.15) is 0 Å². The summed E-state index contributed by atoms with van der Waals surface area (Å²) in [4.78, 5) is 37.5. The summed E-state index contributed by atoms with van der Waals surface area (Å²) >= 11 is 0. The molecule has 0 radical (unpaired) electrons. The number of hydrogen-bond acceptors (Lipinski definition) is 5. The molecule has 3 rings (SSSR count). The van der Waals surface area contributed by atoms with Gasteiger partial charge < -0.3 is 15.1 Å². The van der Waals surface area contributed by atoms with Gasteiger partial charge in [0.15, 0.2) is 11.4 Å². The fraction of sp³-hybridized carbons (Fsp3) is 0.647. The van der Waals surface area contributed by atoms with Crippen LogP contribution in [0.15, 0.2) is 12.4 Å². The lowest BCUT2D eigenvalue weighted by Crippen LogP contribution is -2.38. The first kappa shape index (κ1) is 16.8. The molecule has 1 aromatic rings. The molecule has 1 atom stereocenters. The molecule has 7 nitrogen and oxygen atoms in total. The lowest BCUT2D eigenvalue weighted by atomic mass is 10.1. The minimum Gasteiger partial charge on any atom is -0.350 e. The van der Waals surface area contributed by atoms with Crippen molar-refractivity contribution in [3.05, 3.63) is 23.8 Å². The monoisotopic (exact) mass is 331 g/mol. The zero-order chi connectivity index (χ0) is 16.9. The van der Waals surface area contributed by atoms with Crippen molar-refractivity contribution in [2.45, 2.75) is 25.7 Å². The summed E-state index contributed by atoms with van der Waals surface area (Å²) in [5, 5.41) is 2.92. The van der Waals surface area contributed by atoms with Crippen molar-refractivity contribution in [3.63, 3.8) is 0 Å². The number of carbonyl (C=O) groups excluding carboxylic acids is 2. The Labute approximate surface area is 142 Å². The molecule has 7 heteroatoms. The fourth-order valence-electron chi connectivity index (χ4n) is 3.42. The molecule has 1 N–H and O–H groups in total. The normalized spacial score (nSPS) is 21.7. The molecule has 24 heavy (non-hydrogen) atoms. The summed E-state index contributed by atoms with van der Waals surface area (Å²) in [6.45, 7) is 4.11. The predicted molar refractivity (Wildman–Crippen MR) is 89.7 cm³/mol. The SMILES string of the molecule is CN1CC[C@@H](CNC(=O)c2nccnc2C(=O)N2CCCCC2)C1. The second kappa shape index (κ2) is 7.70. The van der Waals surface area contributed by atoms with Gasteiger partial charge in [0.2, 0.25) is 0 Å². The molecule has 2 fully saturated rings. The van der Waals surface area contributed by atoms with Gasteiger partial charge in [0, 0.05) is 38.6 Å². The molecule has 0 spiro atoms. The van der Waals surface area contributed by atoms with E-state index in [0.29, 0.717) is 12.5 Å². The minimum absolute atomic E-state index is 0.138. The van der Waals surface area contributed by atoms with Crippen LogP contribution in [-0.4, -0.2) is 71.4 Å². The molecule has 0 aromatic carbocycles. The maximum Gasteiger partial charge on any atom is 0.274 e. The molecule has 2 saturated heterocycles. The van der Waals surface area contributed by atoms with Crippen molar-refractivity contribution in [3.8, 4) is 0 Å². The maximum absolute atomic E-state index is 12.7. The Morgan fingerprint density at radius 3 is 2.50 bits per heavy atom. The topological polar surface area (TPSA) is 78.4 Å². The Balaban J connectivity index is 1.66. The van der Waals surface area contributed by atoms with Gasteiger partial charge in [-0.15, -0.1) is 0 Å². The highest BCUT2D eigenvalue weighted by atomic mass is 16.2. The van der Waals surface area contributed by atoms with Crippen molar-refractivity contribution in [2.24, 2.45) is 5.92 Å². The van der Waals surface area contributed by atoms with Crippen LogP contribution >= 0.6 is 0 Å². The van der Waals surface area contributed by atoms with E-state index in [1.807, 2.05) is 0 Å². The number of aromatic nitrogens is 2. The Kier molecular flexibility index (Phi) is 5.40. The van der Waals surface area contributed by atoms with Crippen LogP contribution in [0.4, 0.5) is 0 Å². The lowest BCUT2D eigenvalue weighted by molar-refractivity contribution is 0.0711. The van der Waals surface area contributed by atoms with Crippen LogP contribution in [0, 0.1) is 5.92 Å².